The molecule has 82 valence electrons. The van der Waals surface area contributed by atoms with Crippen molar-refractivity contribution in [1.29, 1.82) is 0 Å². The molecule has 1 nitrogen and oxygen atoms in total. The van der Waals surface area contributed by atoms with Gasteiger partial charge in [-0.15, -0.1) is 11.3 Å². The molecule has 0 bridgehead atoms. The lowest BCUT2D eigenvalue weighted by Crippen LogP contribution is -2.01. The number of benzene rings is 1. The Morgan fingerprint density at radius 1 is 1.06 bits per heavy atom. The Bertz CT molecular complexity index is 530. The fraction of sp³-hybridized carbons (Fsp3) is 0. The zero-order valence-electron chi connectivity index (χ0n) is 7.84. The van der Waals surface area contributed by atoms with Crippen molar-refractivity contribution in [2.45, 2.75) is 0 Å². The number of halogens is 3. The predicted molar refractivity (Wildman–Crippen MR) is 61.8 cm³/mol. The molecule has 0 amide bonds. The third kappa shape index (κ3) is 2.36. The molecule has 0 saturated carbocycles. The Labute approximate surface area is 103 Å². The van der Waals surface area contributed by atoms with E-state index in [0.29, 0.717) is 5.56 Å². The molecular weight excluding hydrogens is 298 g/mol. The zero-order chi connectivity index (χ0) is 11.7. The van der Waals surface area contributed by atoms with Crippen molar-refractivity contribution in [3.05, 3.63) is 56.2 Å². The molecule has 0 aliphatic rings. The largest absolute Gasteiger partial charge is 0.289 e. The average molecular weight is 303 g/mol. The van der Waals surface area contributed by atoms with Crippen LogP contribution < -0.4 is 0 Å². The average Bonchev–Trinajstić information content (AvgIpc) is 2.62. The van der Waals surface area contributed by atoms with Crippen LogP contribution in [-0.4, -0.2) is 5.78 Å². The maximum Gasteiger partial charge on any atom is 0.194 e. The van der Waals surface area contributed by atoms with Crippen LogP contribution in [0.15, 0.2) is 33.4 Å². The molecule has 0 aliphatic heterocycles. The van der Waals surface area contributed by atoms with Gasteiger partial charge in [-0.1, -0.05) is 0 Å². The molecule has 0 spiro atoms. The van der Waals surface area contributed by atoms with Crippen LogP contribution in [-0.2, 0) is 0 Å². The Morgan fingerprint density at radius 3 is 2.19 bits per heavy atom. The van der Waals surface area contributed by atoms with Crippen LogP contribution in [0.3, 0.4) is 0 Å². The quantitative estimate of drug-likeness (QED) is 0.766. The highest BCUT2D eigenvalue weighted by atomic mass is 79.9. The number of carbonyl (C=O) groups excluding carboxylic acids is 1. The van der Waals surface area contributed by atoms with Crippen LogP contribution in [0.4, 0.5) is 8.78 Å². The number of hydrogen-bond donors (Lipinski definition) is 0. The Morgan fingerprint density at radius 2 is 1.69 bits per heavy atom. The summed E-state index contributed by atoms with van der Waals surface area (Å²) in [6.07, 6.45) is 0. The maximum absolute atomic E-state index is 12.9. The fourth-order valence-electron chi connectivity index (χ4n) is 1.28. The first-order valence-corrected chi connectivity index (χ1v) is 5.98. The summed E-state index contributed by atoms with van der Waals surface area (Å²) >= 11 is 4.56. The van der Waals surface area contributed by atoms with Crippen LogP contribution in [0, 0.1) is 11.6 Å². The van der Waals surface area contributed by atoms with E-state index in [-0.39, 0.29) is 11.3 Å². The van der Waals surface area contributed by atoms with Gasteiger partial charge in [0.05, 0.1) is 3.79 Å². The summed E-state index contributed by atoms with van der Waals surface area (Å²) in [7, 11) is 0. The highest BCUT2D eigenvalue weighted by Gasteiger charge is 2.13. The van der Waals surface area contributed by atoms with Gasteiger partial charge < -0.3 is 0 Å². The summed E-state index contributed by atoms with van der Waals surface area (Å²) in [5.41, 5.74) is 0.435. The first-order chi connectivity index (χ1) is 7.56. The van der Waals surface area contributed by atoms with Gasteiger partial charge in [-0.25, -0.2) is 8.78 Å². The lowest BCUT2D eigenvalue weighted by atomic mass is 10.1. The SMILES string of the molecule is O=C(c1cc(F)cc(F)c1)c1csc(Br)c1. The van der Waals surface area contributed by atoms with Crippen molar-refractivity contribution >= 4 is 33.0 Å². The molecule has 0 atom stereocenters. The van der Waals surface area contributed by atoms with E-state index in [0.717, 1.165) is 22.0 Å². The normalized spacial score (nSPS) is 10.4. The van der Waals surface area contributed by atoms with E-state index in [1.54, 1.807) is 11.4 Å². The van der Waals surface area contributed by atoms with Gasteiger partial charge in [-0.2, -0.15) is 0 Å². The van der Waals surface area contributed by atoms with E-state index in [2.05, 4.69) is 15.9 Å². The highest BCUT2D eigenvalue weighted by Crippen LogP contribution is 2.23. The summed E-state index contributed by atoms with van der Waals surface area (Å²) < 4.78 is 26.6. The van der Waals surface area contributed by atoms with Crippen molar-refractivity contribution in [1.82, 2.24) is 0 Å². The van der Waals surface area contributed by atoms with E-state index in [4.69, 9.17) is 0 Å². The molecule has 1 aromatic heterocycles. The van der Waals surface area contributed by atoms with Crippen molar-refractivity contribution < 1.29 is 13.6 Å². The molecule has 0 fully saturated rings. The highest BCUT2D eigenvalue weighted by molar-refractivity contribution is 9.11. The monoisotopic (exact) mass is 302 g/mol. The van der Waals surface area contributed by atoms with E-state index >= 15 is 0 Å². The first-order valence-electron chi connectivity index (χ1n) is 4.31. The number of carbonyl (C=O) groups is 1. The number of ketones is 1. The summed E-state index contributed by atoms with van der Waals surface area (Å²) in [4.78, 5) is 11.8. The molecule has 0 N–H and O–H groups in total. The molecule has 2 aromatic rings. The lowest BCUT2D eigenvalue weighted by Gasteiger charge is -1.99. The lowest BCUT2D eigenvalue weighted by molar-refractivity contribution is 0.103. The maximum atomic E-state index is 12.9. The minimum Gasteiger partial charge on any atom is -0.289 e. The predicted octanol–water partition coefficient (Wildman–Crippen LogP) is 4.02. The second-order valence-corrected chi connectivity index (χ2v) is 5.42. The second-order valence-electron chi connectivity index (χ2n) is 3.13. The van der Waals surface area contributed by atoms with Crippen LogP contribution >= 0.6 is 27.3 Å². The van der Waals surface area contributed by atoms with Crippen LogP contribution in [0.1, 0.15) is 15.9 Å². The van der Waals surface area contributed by atoms with Gasteiger partial charge in [-0.3, -0.25) is 4.79 Å². The van der Waals surface area contributed by atoms with Gasteiger partial charge in [0.2, 0.25) is 0 Å². The molecule has 1 heterocycles. The van der Waals surface area contributed by atoms with Crippen LogP contribution in [0.25, 0.3) is 0 Å². The molecule has 0 unspecified atom stereocenters. The van der Waals surface area contributed by atoms with E-state index in [9.17, 15) is 13.6 Å². The van der Waals surface area contributed by atoms with Gasteiger partial charge in [0.15, 0.2) is 5.78 Å². The Hall–Kier alpha value is -1.07. The first kappa shape index (κ1) is 11.4. The summed E-state index contributed by atoms with van der Waals surface area (Å²) in [6.45, 7) is 0. The topological polar surface area (TPSA) is 17.1 Å². The molecular formula is C11H5BrF2OS. The molecule has 1 aromatic carbocycles. The third-order valence-corrected chi connectivity index (χ3v) is 3.46. The fourth-order valence-corrected chi connectivity index (χ4v) is 2.42. The smallest absolute Gasteiger partial charge is 0.194 e. The zero-order valence-corrected chi connectivity index (χ0v) is 10.2. The minimum absolute atomic E-state index is 0.0165. The summed E-state index contributed by atoms with van der Waals surface area (Å²) in [5.74, 6) is -1.89. The van der Waals surface area contributed by atoms with E-state index in [1.807, 2.05) is 0 Å². The van der Waals surface area contributed by atoms with Gasteiger partial charge >= 0.3 is 0 Å². The number of hydrogen-bond acceptors (Lipinski definition) is 2. The molecule has 5 heteroatoms. The van der Waals surface area contributed by atoms with E-state index in [1.165, 1.54) is 11.3 Å². The van der Waals surface area contributed by atoms with Gasteiger partial charge in [-0.05, 0) is 34.1 Å². The third-order valence-electron chi connectivity index (χ3n) is 1.95. The molecule has 16 heavy (non-hydrogen) atoms. The van der Waals surface area contributed by atoms with E-state index < -0.39 is 11.6 Å². The molecule has 0 saturated heterocycles. The van der Waals surface area contributed by atoms with Crippen molar-refractivity contribution in [2.75, 3.05) is 0 Å². The molecule has 0 radical (unpaired) electrons. The number of rotatable bonds is 2. The van der Waals surface area contributed by atoms with Crippen LogP contribution in [0.2, 0.25) is 0 Å². The second kappa shape index (κ2) is 4.43. The van der Waals surface area contributed by atoms with Crippen LogP contribution in [0.5, 0.6) is 0 Å². The van der Waals surface area contributed by atoms with Crippen molar-refractivity contribution in [3.63, 3.8) is 0 Å². The van der Waals surface area contributed by atoms with Gasteiger partial charge in [0.1, 0.15) is 11.6 Å². The van der Waals surface area contributed by atoms with Crippen molar-refractivity contribution in [3.8, 4) is 0 Å². The standard InChI is InChI=1S/C11H5BrF2OS/c12-10-3-7(5-16-10)11(15)6-1-8(13)4-9(14)2-6/h1-5H. The molecule has 0 aliphatic carbocycles. The minimum atomic E-state index is -0.752. The molecule has 2 rings (SSSR count). The number of thiophene rings is 1. The Balaban J connectivity index is 2.41. The summed E-state index contributed by atoms with van der Waals surface area (Å²) in [5, 5.41) is 1.63. The summed E-state index contributed by atoms with van der Waals surface area (Å²) in [6, 6.07) is 4.41. The van der Waals surface area contributed by atoms with Gasteiger partial charge in [0.25, 0.3) is 0 Å². The van der Waals surface area contributed by atoms with Gasteiger partial charge in [0, 0.05) is 22.6 Å². The Kier molecular flexibility index (Phi) is 3.16. The van der Waals surface area contributed by atoms with Crippen molar-refractivity contribution in [2.24, 2.45) is 0 Å².